The smallest absolute Gasteiger partial charge is 0.239 e. The number of aryl methyl sites for hydroxylation is 1. The minimum atomic E-state index is -4.19. The molecular weight excluding hydrogens is 392 g/mol. The number of halogens is 1. The van der Waals surface area contributed by atoms with E-state index in [9.17, 15) is 16.8 Å². The van der Waals surface area contributed by atoms with Gasteiger partial charge in [0.1, 0.15) is 4.90 Å². The zero-order chi connectivity index (χ0) is 16.7. The maximum Gasteiger partial charge on any atom is 0.239 e. The van der Waals surface area contributed by atoms with Crippen LogP contribution in [0.4, 0.5) is 5.69 Å². The van der Waals surface area contributed by atoms with Crippen molar-refractivity contribution in [2.45, 2.75) is 21.6 Å². The highest BCUT2D eigenvalue weighted by Crippen LogP contribution is 2.31. The number of hydrogen-bond donors (Lipinski definition) is 2. The number of nitrogens with two attached hydrogens (primary N) is 2. The molecule has 0 heterocycles. The Balaban J connectivity index is 2.80. The fourth-order valence-corrected chi connectivity index (χ4v) is 5.25. The minimum absolute atomic E-state index is 0.108. The molecule has 0 aliphatic rings. The summed E-state index contributed by atoms with van der Waals surface area (Å²) in [6.45, 7) is 1.48. The van der Waals surface area contributed by atoms with Crippen LogP contribution in [0.25, 0.3) is 0 Å². The molecule has 22 heavy (non-hydrogen) atoms. The van der Waals surface area contributed by atoms with Gasteiger partial charge in [0.15, 0.2) is 0 Å². The number of hydrogen-bond acceptors (Lipinski definition) is 5. The molecule has 0 spiro atoms. The van der Waals surface area contributed by atoms with Crippen LogP contribution in [-0.4, -0.2) is 16.8 Å². The van der Waals surface area contributed by atoms with Crippen LogP contribution in [0, 0.1) is 6.92 Å². The topological polar surface area (TPSA) is 120 Å². The summed E-state index contributed by atoms with van der Waals surface area (Å²) in [7, 11) is -8.27. The lowest BCUT2D eigenvalue weighted by Crippen LogP contribution is -2.18. The molecule has 0 unspecified atom stereocenters. The van der Waals surface area contributed by atoms with Crippen molar-refractivity contribution in [1.29, 1.82) is 0 Å². The molecule has 0 aliphatic heterocycles. The summed E-state index contributed by atoms with van der Waals surface area (Å²) >= 11 is 3.17. The van der Waals surface area contributed by atoms with Gasteiger partial charge in [-0.25, -0.2) is 22.0 Å². The van der Waals surface area contributed by atoms with Crippen LogP contribution in [0.5, 0.6) is 0 Å². The highest BCUT2D eigenvalue weighted by Gasteiger charge is 2.27. The average molecular weight is 405 g/mol. The third-order valence-electron chi connectivity index (χ3n) is 3.03. The predicted octanol–water partition coefficient (Wildman–Crippen LogP) is 1.82. The highest BCUT2D eigenvalue weighted by molar-refractivity contribution is 9.10. The molecule has 0 aliphatic carbocycles. The quantitative estimate of drug-likeness (QED) is 0.755. The Bertz CT molecular complexity index is 954. The van der Waals surface area contributed by atoms with Gasteiger partial charge in [0.25, 0.3) is 0 Å². The second-order valence-electron chi connectivity index (χ2n) is 4.63. The lowest BCUT2D eigenvalue weighted by molar-refractivity contribution is 0.582. The normalized spacial score (nSPS) is 12.3. The van der Waals surface area contributed by atoms with Gasteiger partial charge in [-0.15, -0.1) is 0 Å². The average Bonchev–Trinajstić information content (AvgIpc) is 2.40. The molecule has 2 rings (SSSR count). The lowest BCUT2D eigenvalue weighted by Gasteiger charge is -2.12. The van der Waals surface area contributed by atoms with Gasteiger partial charge in [-0.2, -0.15) is 0 Å². The van der Waals surface area contributed by atoms with Gasteiger partial charge in [-0.1, -0.05) is 12.1 Å². The molecule has 6 nitrogen and oxygen atoms in total. The first-order valence-electron chi connectivity index (χ1n) is 5.97. The molecule has 118 valence electrons. The number of anilines is 1. The first-order chi connectivity index (χ1) is 10.0. The zero-order valence-corrected chi connectivity index (χ0v) is 14.7. The fourth-order valence-electron chi connectivity index (χ4n) is 2.02. The Hall–Kier alpha value is -1.42. The van der Waals surface area contributed by atoms with Crippen LogP contribution < -0.4 is 10.9 Å². The standard InChI is InChI=1S/C13H13BrN2O4S2/c1-8-3-2-4-12(13(8)22(16,19)20)21(17,18)9-5-6-10(14)11(15)7-9/h2-7H,15H2,1H3,(H2,16,19,20). The van der Waals surface area contributed by atoms with E-state index in [2.05, 4.69) is 15.9 Å². The minimum Gasteiger partial charge on any atom is -0.398 e. The van der Waals surface area contributed by atoms with Gasteiger partial charge in [-0.3, -0.25) is 0 Å². The lowest BCUT2D eigenvalue weighted by atomic mass is 10.2. The summed E-state index contributed by atoms with van der Waals surface area (Å²) in [6.07, 6.45) is 0. The Morgan fingerprint density at radius 1 is 1.05 bits per heavy atom. The van der Waals surface area contributed by atoms with Crippen LogP contribution >= 0.6 is 15.9 Å². The SMILES string of the molecule is Cc1cccc(S(=O)(=O)c2ccc(Br)c(N)c2)c1S(N)(=O)=O. The number of primary sulfonamides is 1. The van der Waals surface area contributed by atoms with E-state index >= 15 is 0 Å². The van der Waals surface area contributed by atoms with E-state index in [1.165, 1.54) is 43.3 Å². The third kappa shape index (κ3) is 3.02. The van der Waals surface area contributed by atoms with Crippen molar-refractivity contribution in [3.8, 4) is 0 Å². The first-order valence-corrected chi connectivity index (χ1v) is 9.80. The van der Waals surface area contributed by atoms with Crippen molar-refractivity contribution in [2.24, 2.45) is 5.14 Å². The molecule has 0 saturated heterocycles. The van der Waals surface area contributed by atoms with Gasteiger partial charge in [-0.05, 0) is 52.7 Å². The van der Waals surface area contributed by atoms with Gasteiger partial charge in [0.2, 0.25) is 19.9 Å². The molecule has 2 aromatic carbocycles. The van der Waals surface area contributed by atoms with Gasteiger partial charge in [0, 0.05) is 10.2 Å². The summed E-state index contributed by atoms with van der Waals surface area (Å²) in [5.41, 5.74) is 6.18. The number of sulfone groups is 1. The van der Waals surface area contributed by atoms with Crippen molar-refractivity contribution in [3.63, 3.8) is 0 Å². The van der Waals surface area contributed by atoms with Crippen molar-refractivity contribution < 1.29 is 16.8 Å². The summed E-state index contributed by atoms with van der Waals surface area (Å²) < 4.78 is 49.5. The van der Waals surface area contributed by atoms with E-state index in [1.54, 1.807) is 0 Å². The largest absolute Gasteiger partial charge is 0.398 e. The molecule has 0 atom stereocenters. The van der Waals surface area contributed by atoms with Gasteiger partial charge < -0.3 is 5.73 Å². The summed E-state index contributed by atoms with van der Waals surface area (Å²) in [5.74, 6) is 0. The first kappa shape index (κ1) is 16.9. The molecule has 0 saturated carbocycles. The summed E-state index contributed by atoms with van der Waals surface area (Å²) in [4.78, 5) is -0.878. The van der Waals surface area contributed by atoms with Crippen LogP contribution in [-0.2, 0) is 19.9 Å². The van der Waals surface area contributed by atoms with E-state index in [4.69, 9.17) is 10.9 Å². The van der Waals surface area contributed by atoms with Crippen LogP contribution in [0.2, 0.25) is 0 Å². The third-order valence-corrected chi connectivity index (χ3v) is 6.78. The molecule has 2 aromatic rings. The Labute approximate surface area is 137 Å². The van der Waals surface area contributed by atoms with Crippen LogP contribution in [0.3, 0.4) is 0 Å². The fraction of sp³-hybridized carbons (Fsp3) is 0.0769. The van der Waals surface area contributed by atoms with Crippen molar-refractivity contribution in [1.82, 2.24) is 0 Å². The molecule has 4 N–H and O–H groups in total. The highest BCUT2D eigenvalue weighted by atomic mass is 79.9. The molecule has 0 aromatic heterocycles. The van der Waals surface area contributed by atoms with E-state index < -0.39 is 24.8 Å². The number of sulfonamides is 1. The maximum absolute atomic E-state index is 12.7. The summed E-state index contributed by atoms with van der Waals surface area (Å²) in [6, 6.07) is 8.22. The molecular formula is C13H13BrN2O4S2. The number of benzene rings is 2. The van der Waals surface area contributed by atoms with Crippen molar-refractivity contribution >= 4 is 41.5 Å². The maximum atomic E-state index is 12.7. The Morgan fingerprint density at radius 2 is 1.68 bits per heavy atom. The Kier molecular flexibility index (Phi) is 4.35. The van der Waals surface area contributed by atoms with Crippen LogP contribution in [0.1, 0.15) is 5.56 Å². The van der Waals surface area contributed by atoms with E-state index in [-0.39, 0.29) is 21.0 Å². The van der Waals surface area contributed by atoms with Gasteiger partial charge in [0.05, 0.1) is 9.79 Å². The molecule has 0 fully saturated rings. The molecule has 0 bridgehead atoms. The molecule has 0 amide bonds. The summed E-state index contributed by atoms with van der Waals surface area (Å²) in [5, 5.41) is 5.16. The second kappa shape index (κ2) is 5.65. The monoisotopic (exact) mass is 404 g/mol. The Morgan fingerprint density at radius 3 is 2.23 bits per heavy atom. The van der Waals surface area contributed by atoms with Crippen molar-refractivity contribution in [2.75, 3.05) is 5.73 Å². The molecule has 0 radical (unpaired) electrons. The van der Waals surface area contributed by atoms with E-state index in [0.29, 0.717) is 4.47 Å². The van der Waals surface area contributed by atoms with Crippen molar-refractivity contribution in [3.05, 3.63) is 46.4 Å². The molecule has 9 heteroatoms. The van der Waals surface area contributed by atoms with Gasteiger partial charge >= 0.3 is 0 Å². The number of rotatable bonds is 3. The number of nitrogen functional groups attached to an aromatic ring is 1. The second-order valence-corrected chi connectivity index (χ2v) is 8.90. The van der Waals surface area contributed by atoms with E-state index in [1.807, 2.05) is 0 Å². The predicted molar refractivity (Wildman–Crippen MR) is 86.6 cm³/mol. The van der Waals surface area contributed by atoms with E-state index in [0.717, 1.165) is 0 Å². The van der Waals surface area contributed by atoms with Crippen LogP contribution in [0.15, 0.2) is 55.6 Å². The zero-order valence-electron chi connectivity index (χ0n) is 11.4.